The van der Waals surface area contributed by atoms with Gasteiger partial charge in [0.2, 0.25) is 11.8 Å². The molecule has 0 heterocycles. The highest BCUT2D eigenvalue weighted by atomic mass is 19.4. The number of hydrogen-bond donors (Lipinski definition) is 2. The highest BCUT2D eigenvalue weighted by molar-refractivity contribution is 5.92. The van der Waals surface area contributed by atoms with Crippen LogP contribution in [-0.2, 0) is 11.2 Å². The van der Waals surface area contributed by atoms with Gasteiger partial charge in [0.15, 0.2) is 0 Å². The van der Waals surface area contributed by atoms with E-state index in [9.17, 15) is 22.8 Å². The van der Waals surface area contributed by atoms with Crippen LogP contribution in [0.1, 0.15) is 52.2 Å². The Morgan fingerprint density at radius 1 is 1.06 bits per heavy atom. The van der Waals surface area contributed by atoms with E-state index >= 15 is 0 Å². The molecule has 2 aromatic carbocycles. The topological polar surface area (TPSA) is 75.4 Å². The van der Waals surface area contributed by atoms with Gasteiger partial charge in [-0.25, -0.2) is 0 Å². The molecule has 1 aliphatic carbocycles. The summed E-state index contributed by atoms with van der Waals surface area (Å²) in [6, 6.07) is 13.9. The molecule has 0 spiro atoms. The van der Waals surface area contributed by atoms with Crippen LogP contribution in [0.15, 0.2) is 48.5 Å². The summed E-state index contributed by atoms with van der Waals surface area (Å²) in [6.07, 6.45) is -3.88. The molecule has 8 heteroatoms. The lowest BCUT2D eigenvalue weighted by molar-refractivity contribution is -0.194. The van der Waals surface area contributed by atoms with Crippen LogP contribution >= 0.6 is 0 Å². The standard InChI is InChI=1S/C26H32F3N3O2/c1-17-4-8-19(9-5-17)22(25(12-13-25)26(27,28)29)15-23(33)31-16-21(32(2)3)14-18-6-10-20(11-7-18)24(30)34/h4-11,21-22H,12-16H2,1-3H3,(H2,30,34)(H,31,33)/t21-,22-/m0/s1. The molecule has 0 saturated heterocycles. The predicted octanol–water partition coefficient (Wildman–Crippen LogP) is 4.20. The molecule has 1 saturated carbocycles. The third kappa shape index (κ3) is 5.97. The van der Waals surface area contributed by atoms with Crippen molar-refractivity contribution >= 4 is 11.8 Å². The number of primary amides is 1. The van der Waals surface area contributed by atoms with E-state index in [4.69, 9.17) is 5.73 Å². The fraction of sp³-hybridized carbons (Fsp3) is 0.462. The van der Waals surface area contributed by atoms with Crippen molar-refractivity contribution in [2.24, 2.45) is 11.1 Å². The van der Waals surface area contributed by atoms with Crippen LogP contribution in [0, 0.1) is 12.3 Å². The molecule has 2 amide bonds. The van der Waals surface area contributed by atoms with Crippen LogP contribution in [-0.4, -0.2) is 49.6 Å². The number of carbonyl (C=O) groups is 2. The zero-order valence-corrected chi connectivity index (χ0v) is 19.8. The van der Waals surface area contributed by atoms with Crippen LogP contribution in [0.25, 0.3) is 0 Å². The maximum Gasteiger partial charge on any atom is 0.395 e. The number of rotatable bonds is 10. The van der Waals surface area contributed by atoms with Crippen molar-refractivity contribution in [1.29, 1.82) is 0 Å². The number of likely N-dealkylation sites (N-methyl/N-ethyl adjacent to an activating group) is 1. The summed E-state index contributed by atoms with van der Waals surface area (Å²) in [5, 5.41) is 2.85. The molecule has 3 rings (SSSR count). The van der Waals surface area contributed by atoms with Crippen LogP contribution in [0.5, 0.6) is 0 Å². The van der Waals surface area contributed by atoms with E-state index in [0.717, 1.165) is 11.1 Å². The van der Waals surface area contributed by atoms with Crippen molar-refractivity contribution < 1.29 is 22.8 Å². The van der Waals surface area contributed by atoms with E-state index in [1.165, 1.54) is 0 Å². The largest absolute Gasteiger partial charge is 0.395 e. The molecular weight excluding hydrogens is 443 g/mol. The number of aryl methyl sites for hydroxylation is 1. The Hall–Kier alpha value is -2.87. The molecule has 1 aliphatic rings. The average Bonchev–Trinajstić information content (AvgIpc) is 3.58. The summed E-state index contributed by atoms with van der Waals surface area (Å²) < 4.78 is 41.8. The zero-order valence-electron chi connectivity index (χ0n) is 19.8. The molecule has 0 aromatic heterocycles. The van der Waals surface area contributed by atoms with Crippen LogP contribution in [0.4, 0.5) is 13.2 Å². The molecule has 2 atom stereocenters. The van der Waals surface area contributed by atoms with Gasteiger partial charge >= 0.3 is 6.18 Å². The molecular formula is C26H32F3N3O2. The van der Waals surface area contributed by atoms with Gasteiger partial charge < -0.3 is 16.0 Å². The van der Waals surface area contributed by atoms with Crippen molar-refractivity contribution in [3.8, 4) is 0 Å². The van der Waals surface area contributed by atoms with Crippen molar-refractivity contribution in [1.82, 2.24) is 10.2 Å². The molecule has 184 valence electrons. The Morgan fingerprint density at radius 2 is 1.65 bits per heavy atom. The molecule has 0 bridgehead atoms. The first-order valence-corrected chi connectivity index (χ1v) is 11.4. The van der Waals surface area contributed by atoms with Gasteiger partial charge in [0.05, 0.1) is 5.41 Å². The minimum atomic E-state index is -4.36. The minimum absolute atomic E-state index is 0.0456. The SMILES string of the molecule is Cc1ccc([C@H](CC(=O)NC[C@H](Cc2ccc(C(N)=O)cc2)N(C)C)C2(C(F)(F)F)CC2)cc1. The van der Waals surface area contributed by atoms with Gasteiger partial charge in [-0.2, -0.15) is 13.2 Å². The summed E-state index contributed by atoms with van der Waals surface area (Å²) in [5.74, 6) is -1.80. The lowest BCUT2D eigenvalue weighted by atomic mass is 9.79. The van der Waals surface area contributed by atoms with E-state index in [1.807, 2.05) is 38.1 Å². The summed E-state index contributed by atoms with van der Waals surface area (Å²) in [6.45, 7) is 2.17. The molecule has 0 radical (unpaired) electrons. The first-order chi connectivity index (χ1) is 15.9. The van der Waals surface area contributed by atoms with Gasteiger partial charge in [0.25, 0.3) is 0 Å². The van der Waals surface area contributed by atoms with E-state index in [1.54, 1.807) is 36.4 Å². The number of alkyl halides is 3. The van der Waals surface area contributed by atoms with E-state index in [0.29, 0.717) is 24.1 Å². The highest BCUT2D eigenvalue weighted by Gasteiger charge is 2.67. The molecule has 2 aromatic rings. The highest BCUT2D eigenvalue weighted by Crippen LogP contribution is 2.66. The van der Waals surface area contributed by atoms with Gasteiger partial charge in [-0.1, -0.05) is 42.0 Å². The van der Waals surface area contributed by atoms with E-state index in [2.05, 4.69) is 5.32 Å². The normalized spacial score (nSPS) is 16.7. The van der Waals surface area contributed by atoms with Gasteiger partial charge in [-0.05, 0) is 63.5 Å². The Morgan fingerprint density at radius 3 is 2.12 bits per heavy atom. The number of nitrogens with one attached hydrogen (secondary N) is 1. The molecule has 34 heavy (non-hydrogen) atoms. The number of nitrogens with zero attached hydrogens (tertiary/aromatic N) is 1. The van der Waals surface area contributed by atoms with E-state index in [-0.39, 0.29) is 25.3 Å². The van der Waals surface area contributed by atoms with Gasteiger partial charge in [-0.15, -0.1) is 0 Å². The third-order valence-corrected chi connectivity index (χ3v) is 6.86. The number of carbonyl (C=O) groups excluding carboxylic acids is 2. The molecule has 3 N–H and O–H groups in total. The Balaban J connectivity index is 1.68. The first-order valence-electron chi connectivity index (χ1n) is 11.4. The number of halogens is 3. The minimum Gasteiger partial charge on any atom is -0.366 e. The first kappa shape index (κ1) is 25.7. The van der Waals surface area contributed by atoms with Gasteiger partial charge in [0, 0.05) is 30.5 Å². The number of benzene rings is 2. The second-order valence-electron chi connectivity index (χ2n) is 9.51. The van der Waals surface area contributed by atoms with Crippen LogP contribution in [0.3, 0.4) is 0 Å². The summed E-state index contributed by atoms with van der Waals surface area (Å²) in [7, 11) is 3.76. The quantitative estimate of drug-likeness (QED) is 0.541. The summed E-state index contributed by atoms with van der Waals surface area (Å²) >= 11 is 0. The number of amides is 2. The van der Waals surface area contributed by atoms with Crippen molar-refractivity contribution in [2.75, 3.05) is 20.6 Å². The summed E-state index contributed by atoms with van der Waals surface area (Å²) in [4.78, 5) is 26.1. The van der Waals surface area contributed by atoms with Crippen LogP contribution < -0.4 is 11.1 Å². The second kappa shape index (κ2) is 10.2. The number of nitrogens with two attached hydrogens (primary N) is 1. The Labute approximate surface area is 198 Å². The van der Waals surface area contributed by atoms with Crippen molar-refractivity contribution in [3.63, 3.8) is 0 Å². The Kier molecular flexibility index (Phi) is 7.70. The predicted molar refractivity (Wildman–Crippen MR) is 125 cm³/mol. The third-order valence-electron chi connectivity index (χ3n) is 6.86. The maximum atomic E-state index is 13.9. The monoisotopic (exact) mass is 475 g/mol. The van der Waals surface area contributed by atoms with E-state index < -0.39 is 29.3 Å². The van der Waals surface area contributed by atoms with Crippen molar-refractivity contribution in [2.45, 2.75) is 50.7 Å². The maximum absolute atomic E-state index is 13.9. The Bertz CT molecular complexity index is 997. The molecule has 0 unspecified atom stereocenters. The summed E-state index contributed by atoms with van der Waals surface area (Å²) in [5.41, 5.74) is 6.34. The van der Waals surface area contributed by atoms with Crippen LogP contribution in [0.2, 0.25) is 0 Å². The zero-order chi connectivity index (χ0) is 25.1. The molecule has 5 nitrogen and oxygen atoms in total. The van der Waals surface area contributed by atoms with Gasteiger partial charge in [0.1, 0.15) is 0 Å². The fourth-order valence-corrected chi connectivity index (χ4v) is 4.40. The lowest BCUT2D eigenvalue weighted by Gasteiger charge is -2.30. The lowest BCUT2D eigenvalue weighted by Crippen LogP contribution is -2.42. The van der Waals surface area contributed by atoms with Gasteiger partial charge in [-0.3, -0.25) is 9.59 Å². The molecule has 0 aliphatic heterocycles. The molecule has 1 fully saturated rings. The smallest absolute Gasteiger partial charge is 0.366 e. The van der Waals surface area contributed by atoms with Crippen molar-refractivity contribution in [3.05, 3.63) is 70.8 Å². The number of hydrogen-bond acceptors (Lipinski definition) is 3. The second-order valence-corrected chi connectivity index (χ2v) is 9.51. The fourth-order valence-electron chi connectivity index (χ4n) is 4.40. The average molecular weight is 476 g/mol.